The summed E-state index contributed by atoms with van der Waals surface area (Å²) in [5.41, 5.74) is 0.229. The molecule has 1 N–H and O–H groups in total. The molecule has 4 heteroatoms. The Bertz CT molecular complexity index is 507. The second kappa shape index (κ2) is 8.70. The predicted octanol–water partition coefficient (Wildman–Crippen LogP) is 4.09. The molecule has 0 saturated heterocycles. The number of rotatable bonds is 9. The van der Waals surface area contributed by atoms with Crippen LogP contribution in [0.2, 0.25) is 0 Å². The molecule has 0 fully saturated rings. The molecule has 0 heterocycles. The maximum Gasteiger partial charge on any atom is 0.309 e. The largest absolute Gasteiger partial charge is 0.481 e. The summed E-state index contributed by atoms with van der Waals surface area (Å²) in [7, 11) is 0. The number of amides is 1. The van der Waals surface area contributed by atoms with Gasteiger partial charge < -0.3 is 10.0 Å². The van der Waals surface area contributed by atoms with Gasteiger partial charge in [-0.1, -0.05) is 44.2 Å². The fourth-order valence-corrected chi connectivity index (χ4v) is 2.60. The maximum atomic E-state index is 12.7. The van der Waals surface area contributed by atoms with Gasteiger partial charge in [0.1, 0.15) is 0 Å². The SMILES string of the molecule is CCC(CC)N(Cc1ccccc1)C(=O)CCC(C)(C)C(=O)O. The van der Waals surface area contributed by atoms with Crippen LogP contribution in [-0.4, -0.2) is 27.9 Å². The minimum absolute atomic E-state index is 0.0388. The van der Waals surface area contributed by atoms with Gasteiger partial charge in [-0.2, -0.15) is 0 Å². The van der Waals surface area contributed by atoms with Gasteiger partial charge in [-0.25, -0.2) is 0 Å². The highest BCUT2D eigenvalue weighted by molar-refractivity contribution is 5.79. The highest BCUT2D eigenvalue weighted by atomic mass is 16.4. The van der Waals surface area contributed by atoms with Gasteiger partial charge in [-0.15, -0.1) is 0 Å². The molecule has 1 rings (SSSR count). The molecule has 0 spiro atoms. The molecule has 0 atom stereocenters. The lowest BCUT2D eigenvalue weighted by Crippen LogP contribution is -2.40. The van der Waals surface area contributed by atoms with Crippen molar-refractivity contribution in [2.75, 3.05) is 0 Å². The topological polar surface area (TPSA) is 57.6 Å². The number of carboxylic acids is 1. The molecule has 0 bridgehead atoms. The van der Waals surface area contributed by atoms with Crippen molar-refractivity contribution in [1.29, 1.82) is 0 Å². The third-order valence-corrected chi connectivity index (χ3v) is 4.44. The Balaban J connectivity index is 2.83. The molecule has 1 amide bonds. The fourth-order valence-electron chi connectivity index (χ4n) is 2.60. The van der Waals surface area contributed by atoms with Crippen molar-refractivity contribution in [2.24, 2.45) is 5.41 Å². The number of carboxylic acid groups (broad SMARTS) is 1. The van der Waals surface area contributed by atoms with Crippen molar-refractivity contribution in [3.63, 3.8) is 0 Å². The molecule has 0 radical (unpaired) electrons. The molecule has 0 aliphatic heterocycles. The van der Waals surface area contributed by atoms with Crippen LogP contribution in [0.4, 0.5) is 0 Å². The van der Waals surface area contributed by atoms with Gasteiger partial charge in [0.2, 0.25) is 5.91 Å². The summed E-state index contributed by atoms with van der Waals surface area (Å²) in [6.45, 7) is 8.09. The Morgan fingerprint density at radius 3 is 2.17 bits per heavy atom. The van der Waals surface area contributed by atoms with Crippen LogP contribution in [-0.2, 0) is 16.1 Å². The Morgan fingerprint density at radius 2 is 1.70 bits per heavy atom. The predicted molar refractivity (Wildman–Crippen MR) is 92.0 cm³/mol. The Labute approximate surface area is 139 Å². The lowest BCUT2D eigenvalue weighted by molar-refractivity contribution is -0.148. The second-order valence-corrected chi connectivity index (χ2v) is 6.67. The molecule has 4 nitrogen and oxygen atoms in total. The third kappa shape index (κ3) is 5.70. The first kappa shape index (κ1) is 19.2. The average Bonchev–Trinajstić information content (AvgIpc) is 2.53. The number of carbonyl (C=O) groups is 2. The smallest absolute Gasteiger partial charge is 0.309 e. The molecule has 0 unspecified atom stereocenters. The van der Waals surface area contributed by atoms with E-state index in [4.69, 9.17) is 0 Å². The lowest BCUT2D eigenvalue weighted by Gasteiger charge is -2.32. The molecular weight excluding hydrogens is 290 g/mol. The first-order valence-corrected chi connectivity index (χ1v) is 8.38. The van der Waals surface area contributed by atoms with Crippen LogP contribution in [0.5, 0.6) is 0 Å². The first-order chi connectivity index (χ1) is 10.8. The molecule has 0 saturated carbocycles. The van der Waals surface area contributed by atoms with E-state index in [0.29, 0.717) is 13.0 Å². The van der Waals surface area contributed by atoms with E-state index in [0.717, 1.165) is 18.4 Å². The number of benzene rings is 1. The van der Waals surface area contributed by atoms with Crippen LogP contribution in [0.15, 0.2) is 30.3 Å². The average molecular weight is 319 g/mol. The minimum atomic E-state index is -0.873. The Morgan fingerprint density at radius 1 is 1.13 bits per heavy atom. The van der Waals surface area contributed by atoms with E-state index in [1.807, 2.05) is 35.2 Å². The van der Waals surface area contributed by atoms with Crippen molar-refractivity contribution >= 4 is 11.9 Å². The molecule has 23 heavy (non-hydrogen) atoms. The zero-order valence-electron chi connectivity index (χ0n) is 14.7. The van der Waals surface area contributed by atoms with Gasteiger partial charge in [0.25, 0.3) is 0 Å². The number of hydrogen-bond acceptors (Lipinski definition) is 2. The lowest BCUT2D eigenvalue weighted by atomic mass is 9.87. The zero-order chi connectivity index (χ0) is 17.5. The van der Waals surface area contributed by atoms with E-state index < -0.39 is 11.4 Å². The van der Waals surface area contributed by atoms with E-state index in [1.165, 1.54) is 0 Å². The van der Waals surface area contributed by atoms with Crippen LogP contribution < -0.4 is 0 Å². The van der Waals surface area contributed by atoms with Crippen molar-refractivity contribution in [3.8, 4) is 0 Å². The molecule has 1 aromatic rings. The monoisotopic (exact) mass is 319 g/mol. The van der Waals surface area contributed by atoms with Crippen LogP contribution in [0.3, 0.4) is 0 Å². The van der Waals surface area contributed by atoms with E-state index in [9.17, 15) is 14.7 Å². The standard InChI is InChI=1S/C19H29NO3/c1-5-16(6-2)20(14-15-10-8-7-9-11-15)17(21)12-13-19(3,4)18(22)23/h7-11,16H,5-6,12-14H2,1-4H3,(H,22,23). The molecular formula is C19H29NO3. The van der Waals surface area contributed by atoms with Crippen LogP contribution in [0.25, 0.3) is 0 Å². The quantitative estimate of drug-likeness (QED) is 0.745. The summed E-state index contributed by atoms with van der Waals surface area (Å²) >= 11 is 0. The van der Waals surface area contributed by atoms with Crippen LogP contribution in [0.1, 0.15) is 58.9 Å². The Kier molecular flexibility index (Phi) is 7.27. The van der Waals surface area contributed by atoms with Gasteiger partial charge in [-0.05, 0) is 38.7 Å². The van der Waals surface area contributed by atoms with E-state index in [1.54, 1.807) is 13.8 Å². The van der Waals surface area contributed by atoms with Gasteiger partial charge in [0.05, 0.1) is 5.41 Å². The van der Waals surface area contributed by atoms with Gasteiger partial charge in [-0.3, -0.25) is 9.59 Å². The summed E-state index contributed by atoms with van der Waals surface area (Å²) in [5.74, 6) is -0.820. The van der Waals surface area contributed by atoms with Crippen molar-refractivity contribution in [1.82, 2.24) is 4.90 Å². The van der Waals surface area contributed by atoms with Gasteiger partial charge in [0.15, 0.2) is 0 Å². The molecule has 1 aromatic carbocycles. The summed E-state index contributed by atoms with van der Waals surface area (Å²) in [5, 5.41) is 9.20. The summed E-state index contributed by atoms with van der Waals surface area (Å²) in [6, 6.07) is 10.1. The first-order valence-electron chi connectivity index (χ1n) is 8.38. The summed E-state index contributed by atoms with van der Waals surface area (Å²) in [4.78, 5) is 25.8. The number of carbonyl (C=O) groups excluding carboxylic acids is 1. The normalized spacial score (nSPS) is 11.5. The highest BCUT2D eigenvalue weighted by Gasteiger charge is 2.29. The van der Waals surface area contributed by atoms with Crippen molar-refractivity contribution in [3.05, 3.63) is 35.9 Å². The van der Waals surface area contributed by atoms with E-state index >= 15 is 0 Å². The molecule has 0 aliphatic carbocycles. The number of aliphatic carboxylic acids is 1. The summed E-state index contributed by atoms with van der Waals surface area (Å²) in [6.07, 6.45) is 2.42. The third-order valence-electron chi connectivity index (χ3n) is 4.44. The van der Waals surface area contributed by atoms with E-state index in [2.05, 4.69) is 13.8 Å². The summed E-state index contributed by atoms with van der Waals surface area (Å²) < 4.78 is 0. The van der Waals surface area contributed by atoms with Gasteiger partial charge in [0, 0.05) is 19.0 Å². The van der Waals surface area contributed by atoms with Crippen molar-refractivity contribution < 1.29 is 14.7 Å². The molecule has 0 aromatic heterocycles. The number of nitrogens with zero attached hydrogens (tertiary/aromatic N) is 1. The minimum Gasteiger partial charge on any atom is -0.481 e. The fraction of sp³-hybridized carbons (Fsp3) is 0.579. The highest BCUT2D eigenvalue weighted by Crippen LogP contribution is 2.24. The van der Waals surface area contributed by atoms with Crippen LogP contribution in [0, 0.1) is 5.41 Å². The van der Waals surface area contributed by atoms with Crippen LogP contribution >= 0.6 is 0 Å². The van der Waals surface area contributed by atoms with Crippen molar-refractivity contribution in [2.45, 2.75) is 66.0 Å². The van der Waals surface area contributed by atoms with E-state index in [-0.39, 0.29) is 18.4 Å². The van der Waals surface area contributed by atoms with Gasteiger partial charge >= 0.3 is 5.97 Å². The second-order valence-electron chi connectivity index (χ2n) is 6.67. The Hall–Kier alpha value is -1.84. The maximum absolute atomic E-state index is 12.7. The molecule has 128 valence electrons. The zero-order valence-corrected chi connectivity index (χ0v) is 14.7. The molecule has 0 aliphatic rings. The number of hydrogen-bond donors (Lipinski definition) is 1.